The maximum atomic E-state index is 12.1. The number of carboxylic acid groups (broad SMARTS) is 1. The number of carboxylic acids is 1. The summed E-state index contributed by atoms with van der Waals surface area (Å²) in [5.74, 6) is -1.95. The lowest BCUT2D eigenvalue weighted by molar-refractivity contribution is -0.142. The summed E-state index contributed by atoms with van der Waals surface area (Å²) in [5.41, 5.74) is 2.42. The molecule has 3 rings (SSSR count). The lowest BCUT2D eigenvalue weighted by atomic mass is 9.71. The fourth-order valence-electron chi connectivity index (χ4n) is 2.97. The number of rotatable bonds is 2. The van der Waals surface area contributed by atoms with E-state index in [1.165, 1.54) is 0 Å². The minimum atomic E-state index is -0.915. The van der Waals surface area contributed by atoms with Gasteiger partial charge in [0, 0.05) is 17.9 Å². The first kappa shape index (κ1) is 12.6. The summed E-state index contributed by atoms with van der Waals surface area (Å²) in [5, 5.41) is 9.46. The van der Waals surface area contributed by atoms with Crippen LogP contribution in [0.2, 0.25) is 0 Å². The quantitative estimate of drug-likeness (QED) is 0.908. The van der Waals surface area contributed by atoms with E-state index in [9.17, 15) is 14.7 Å². The highest BCUT2D eigenvalue weighted by Crippen LogP contribution is 2.40. The number of Topliss-reactive ketones (excluding diaryl/α,β-unsaturated/α-hetero) is 1. The second-order valence-corrected chi connectivity index (χ2v) is 5.05. The number of carbonyl (C=O) groups excluding carboxylic acids is 1. The topological polar surface area (TPSA) is 54.4 Å². The predicted octanol–water partition coefficient (Wildman–Crippen LogP) is 3.11. The van der Waals surface area contributed by atoms with Gasteiger partial charge in [-0.3, -0.25) is 9.59 Å². The number of hydrogen-bond donors (Lipinski definition) is 1. The van der Waals surface area contributed by atoms with E-state index < -0.39 is 11.9 Å². The van der Waals surface area contributed by atoms with Crippen molar-refractivity contribution >= 4 is 11.8 Å². The van der Waals surface area contributed by atoms with Crippen LogP contribution >= 0.6 is 0 Å². The van der Waals surface area contributed by atoms with Crippen LogP contribution in [0.1, 0.15) is 33.8 Å². The van der Waals surface area contributed by atoms with Crippen LogP contribution in [-0.2, 0) is 4.79 Å². The van der Waals surface area contributed by atoms with E-state index in [0.717, 1.165) is 11.1 Å². The molecule has 3 heteroatoms. The highest BCUT2D eigenvalue weighted by Gasteiger charge is 2.38. The fourth-order valence-corrected chi connectivity index (χ4v) is 2.97. The molecule has 0 heterocycles. The standard InChI is InChI=1S/C17H14O3/c18-15-10-14(17(19)20)16(11-6-2-1-3-7-11)13-9-5-4-8-12(13)15/h1-9,14,16H,10H2,(H,19,20)/t14-,16+/m0/s1. The van der Waals surface area contributed by atoms with E-state index in [4.69, 9.17) is 0 Å². The van der Waals surface area contributed by atoms with Gasteiger partial charge in [-0.25, -0.2) is 0 Å². The van der Waals surface area contributed by atoms with E-state index in [1.54, 1.807) is 6.07 Å². The maximum Gasteiger partial charge on any atom is 0.307 e. The van der Waals surface area contributed by atoms with Crippen LogP contribution in [0.3, 0.4) is 0 Å². The molecule has 1 aliphatic carbocycles. The zero-order chi connectivity index (χ0) is 14.1. The van der Waals surface area contributed by atoms with Crippen LogP contribution in [0.25, 0.3) is 0 Å². The van der Waals surface area contributed by atoms with Gasteiger partial charge in [-0.15, -0.1) is 0 Å². The molecule has 0 radical (unpaired) electrons. The minimum absolute atomic E-state index is 0.0614. The minimum Gasteiger partial charge on any atom is -0.481 e. The molecule has 0 saturated carbocycles. The smallest absolute Gasteiger partial charge is 0.307 e. The van der Waals surface area contributed by atoms with E-state index in [1.807, 2.05) is 48.5 Å². The lowest BCUT2D eigenvalue weighted by Gasteiger charge is -2.30. The molecule has 3 nitrogen and oxygen atoms in total. The number of carbonyl (C=O) groups is 2. The Labute approximate surface area is 116 Å². The molecule has 0 aliphatic heterocycles. The fraction of sp³-hybridized carbons (Fsp3) is 0.176. The van der Waals surface area contributed by atoms with Crippen molar-refractivity contribution in [2.75, 3.05) is 0 Å². The third-order valence-electron chi connectivity index (χ3n) is 3.88. The first-order valence-corrected chi connectivity index (χ1v) is 6.58. The van der Waals surface area contributed by atoms with Gasteiger partial charge in [0.15, 0.2) is 5.78 Å². The number of aliphatic carboxylic acids is 1. The summed E-state index contributed by atoms with van der Waals surface area (Å²) in [6, 6.07) is 16.9. The molecule has 0 fully saturated rings. The first-order valence-electron chi connectivity index (χ1n) is 6.58. The highest BCUT2D eigenvalue weighted by molar-refractivity contribution is 6.01. The van der Waals surface area contributed by atoms with Crippen molar-refractivity contribution in [3.05, 3.63) is 71.3 Å². The number of hydrogen-bond acceptors (Lipinski definition) is 2. The van der Waals surface area contributed by atoms with Crippen molar-refractivity contribution < 1.29 is 14.7 Å². The Kier molecular flexibility index (Phi) is 3.11. The van der Waals surface area contributed by atoms with E-state index in [-0.39, 0.29) is 18.1 Å². The molecule has 2 aromatic rings. The largest absolute Gasteiger partial charge is 0.481 e. The zero-order valence-electron chi connectivity index (χ0n) is 10.8. The van der Waals surface area contributed by atoms with Gasteiger partial charge >= 0.3 is 5.97 Å². The molecule has 100 valence electrons. The number of fused-ring (bicyclic) bond motifs is 1. The summed E-state index contributed by atoms with van der Waals surface area (Å²) in [4.78, 5) is 23.7. The highest BCUT2D eigenvalue weighted by atomic mass is 16.4. The average Bonchev–Trinajstić information content (AvgIpc) is 2.48. The first-order chi connectivity index (χ1) is 9.68. The second kappa shape index (κ2) is 4.93. The molecule has 0 aromatic heterocycles. The SMILES string of the molecule is O=C1C[C@H](C(=O)O)[C@H](c2ccccc2)c2ccccc21. The van der Waals surface area contributed by atoms with Gasteiger partial charge in [-0.2, -0.15) is 0 Å². The predicted molar refractivity (Wildman–Crippen MR) is 74.8 cm³/mol. The molecule has 20 heavy (non-hydrogen) atoms. The maximum absolute atomic E-state index is 12.1. The van der Waals surface area contributed by atoms with Crippen molar-refractivity contribution in [2.45, 2.75) is 12.3 Å². The van der Waals surface area contributed by atoms with Crippen LogP contribution in [-0.4, -0.2) is 16.9 Å². The molecule has 0 amide bonds. The van der Waals surface area contributed by atoms with Gasteiger partial charge in [0.2, 0.25) is 0 Å². The van der Waals surface area contributed by atoms with Crippen LogP contribution in [0, 0.1) is 5.92 Å². The Morgan fingerprint density at radius 2 is 1.65 bits per heavy atom. The van der Waals surface area contributed by atoms with Crippen LogP contribution < -0.4 is 0 Å². The molecular formula is C17H14O3. The summed E-state index contributed by atoms with van der Waals surface area (Å²) in [6.07, 6.45) is 0.0614. The van der Waals surface area contributed by atoms with Crippen molar-refractivity contribution in [3.8, 4) is 0 Å². The van der Waals surface area contributed by atoms with E-state index in [0.29, 0.717) is 5.56 Å². The molecule has 0 bridgehead atoms. The van der Waals surface area contributed by atoms with Gasteiger partial charge < -0.3 is 5.11 Å². The van der Waals surface area contributed by atoms with Crippen molar-refractivity contribution in [2.24, 2.45) is 5.92 Å². The normalized spacial score (nSPS) is 21.3. The summed E-state index contributed by atoms with van der Waals surface area (Å²) in [6.45, 7) is 0. The molecular weight excluding hydrogens is 252 g/mol. The molecule has 0 unspecified atom stereocenters. The number of benzene rings is 2. The summed E-state index contributed by atoms with van der Waals surface area (Å²) < 4.78 is 0. The Balaban J connectivity index is 2.19. The third-order valence-corrected chi connectivity index (χ3v) is 3.88. The summed E-state index contributed by atoms with van der Waals surface area (Å²) >= 11 is 0. The molecule has 1 aliphatic rings. The molecule has 0 spiro atoms. The Morgan fingerprint density at radius 1 is 1.00 bits per heavy atom. The average molecular weight is 266 g/mol. The van der Waals surface area contributed by atoms with Gasteiger partial charge in [-0.05, 0) is 11.1 Å². The number of ketones is 1. The molecule has 2 atom stereocenters. The van der Waals surface area contributed by atoms with Gasteiger partial charge in [-0.1, -0.05) is 54.6 Å². The van der Waals surface area contributed by atoms with E-state index >= 15 is 0 Å². The van der Waals surface area contributed by atoms with Crippen molar-refractivity contribution in [1.82, 2.24) is 0 Å². The van der Waals surface area contributed by atoms with Crippen molar-refractivity contribution in [1.29, 1.82) is 0 Å². The van der Waals surface area contributed by atoms with Gasteiger partial charge in [0.05, 0.1) is 5.92 Å². The third kappa shape index (κ3) is 2.01. The van der Waals surface area contributed by atoms with Crippen LogP contribution in [0.4, 0.5) is 0 Å². The molecule has 0 saturated heterocycles. The zero-order valence-corrected chi connectivity index (χ0v) is 10.8. The Hall–Kier alpha value is -2.42. The Bertz CT molecular complexity index is 661. The van der Waals surface area contributed by atoms with Gasteiger partial charge in [0.25, 0.3) is 0 Å². The lowest BCUT2D eigenvalue weighted by Crippen LogP contribution is -2.31. The summed E-state index contributed by atoms with van der Waals surface area (Å²) in [7, 11) is 0. The molecule has 2 aromatic carbocycles. The van der Waals surface area contributed by atoms with Crippen LogP contribution in [0.5, 0.6) is 0 Å². The van der Waals surface area contributed by atoms with Gasteiger partial charge in [0.1, 0.15) is 0 Å². The van der Waals surface area contributed by atoms with E-state index in [2.05, 4.69) is 0 Å². The second-order valence-electron chi connectivity index (χ2n) is 5.05. The molecule has 1 N–H and O–H groups in total. The monoisotopic (exact) mass is 266 g/mol. The van der Waals surface area contributed by atoms with Crippen LogP contribution in [0.15, 0.2) is 54.6 Å². The van der Waals surface area contributed by atoms with Crippen molar-refractivity contribution in [3.63, 3.8) is 0 Å². The Morgan fingerprint density at radius 3 is 2.35 bits per heavy atom.